The van der Waals surface area contributed by atoms with Gasteiger partial charge < -0.3 is 0 Å². The molecule has 0 fully saturated rings. The van der Waals surface area contributed by atoms with Gasteiger partial charge in [-0.05, 0) is 13.8 Å². The summed E-state index contributed by atoms with van der Waals surface area (Å²) in [5.41, 5.74) is 0. The lowest BCUT2D eigenvalue weighted by Crippen LogP contribution is -2.09. The van der Waals surface area contributed by atoms with Crippen LogP contribution in [0.1, 0.15) is 6.92 Å². The van der Waals surface area contributed by atoms with Crippen molar-refractivity contribution in [2.24, 2.45) is 0 Å². The van der Waals surface area contributed by atoms with Gasteiger partial charge >= 0.3 is 10.4 Å². The van der Waals surface area contributed by atoms with Crippen LogP contribution in [0, 0.1) is 6.92 Å². The first-order chi connectivity index (χ1) is 4.12. The second kappa shape index (κ2) is 3.81. The Morgan fingerprint density at radius 3 is 2.33 bits per heavy atom. The van der Waals surface area contributed by atoms with Gasteiger partial charge in [-0.25, -0.2) is 8.37 Å². The van der Waals surface area contributed by atoms with Gasteiger partial charge in [-0.1, -0.05) is 0 Å². The standard InChI is InChI=1S/C4H9O4S/c1-3-7-9(5,6)8-4-2/h1,3-4H2,2H3. The van der Waals surface area contributed by atoms with Crippen molar-refractivity contribution < 1.29 is 16.8 Å². The largest absolute Gasteiger partial charge is 0.399 e. The van der Waals surface area contributed by atoms with Crippen molar-refractivity contribution in [2.45, 2.75) is 6.92 Å². The van der Waals surface area contributed by atoms with E-state index in [9.17, 15) is 8.42 Å². The molecule has 0 N–H and O–H groups in total. The maximum Gasteiger partial charge on any atom is 0.399 e. The molecule has 0 amide bonds. The highest BCUT2D eigenvalue weighted by Crippen LogP contribution is 1.92. The Morgan fingerprint density at radius 2 is 2.00 bits per heavy atom. The van der Waals surface area contributed by atoms with Gasteiger partial charge in [0.2, 0.25) is 0 Å². The lowest BCUT2D eigenvalue weighted by molar-refractivity contribution is 0.238. The van der Waals surface area contributed by atoms with E-state index in [-0.39, 0.29) is 13.2 Å². The zero-order valence-electron chi connectivity index (χ0n) is 5.16. The lowest BCUT2D eigenvalue weighted by atomic mass is 10.9. The molecule has 0 aliphatic heterocycles. The van der Waals surface area contributed by atoms with E-state index in [1.807, 2.05) is 0 Å². The molecular formula is C4H9O4S. The van der Waals surface area contributed by atoms with Crippen LogP contribution in [0.5, 0.6) is 0 Å². The van der Waals surface area contributed by atoms with Crippen LogP contribution in [0.3, 0.4) is 0 Å². The fraction of sp³-hybridized carbons (Fsp3) is 0.750. The summed E-state index contributed by atoms with van der Waals surface area (Å²) in [5.74, 6) is 0. The van der Waals surface area contributed by atoms with Gasteiger partial charge in [0, 0.05) is 0 Å². The van der Waals surface area contributed by atoms with Gasteiger partial charge in [0.25, 0.3) is 0 Å². The molecule has 0 heterocycles. The molecular weight excluding hydrogens is 144 g/mol. The Hall–Kier alpha value is -0.130. The van der Waals surface area contributed by atoms with E-state index in [0.29, 0.717) is 0 Å². The second-order valence-corrected chi connectivity index (χ2v) is 2.42. The monoisotopic (exact) mass is 153 g/mol. The number of rotatable bonds is 4. The van der Waals surface area contributed by atoms with Crippen molar-refractivity contribution in [2.75, 3.05) is 13.2 Å². The van der Waals surface area contributed by atoms with Crippen LogP contribution < -0.4 is 0 Å². The summed E-state index contributed by atoms with van der Waals surface area (Å²) in [6.45, 7) is 4.68. The summed E-state index contributed by atoms with van der Waals surface area (Å²) in [7, 11) is -3.74. The normalized spacial score (nSPS) is 11.8. The van der Waals surface area contributed by atoms with E-state index in [1.54, 1.807) is 6.92 Å². The van der Waals surface area contributed by atoms with Gasteiger partial charge in [-0.15, -0.1) is 0 Å². The highest BCUT2D eigenvalue weighted by molar-refractivity contribution is 7.81. The minimum atomic E-state index is -3.74. The van der Waals surface area contributed by atoms with Gasteiger partial charge in [-0.2, -0.15) is 8.42 Å². The van der Waals surface area contributed by atoms with Crippen LogP contribution in [-0.4, -0.2) is 21.6 Å². The molecule has 0 aromatic heterocycles. The molecule has 0 aromatic rings. The van der Waals surface area contributed by atoms with Gasteiger partial charge in [0.15, 0.2) is 0 Å². The molecule has 0 saturated heterocycles. The van der Waals surface area contributed by atoms with Crippen LogP contribution in [0.15, 0.2) is 0 Å². The second-order valence-electron chi connectivity index (χ2n) is 1.14. The Balaban J connectivity index is 3.73. The van der Waals surface area contributed by atoms with E-state index < -0.39 is 10.4 Å². The minimum absolute atomic E-state index is 0.0856. The third kappa shape index (κ3) is 4.38. The maximum absolute atomic E-state index is 10.3. The Bertz CT molecular complexity index is 136. The molecule has 4 nitrogen and oxygen atoms in total. The first-order valence-electron chi connectivity index (χ1n) is 2.45. The third-order valence-electron chi connectivity index (χ3n) is 0.490. The molecule has 0 bridgehead atoms. The highest BCUT2D eigenvalue weighted by atomic mass is 32.3. The Morgan fingerprint density at radius 1 is 1.44 bits per heavy atom. The average molecular weight is 153 g/mol. The molecule has 0 spiro atoms. The number of hydrogen-bond acceptors (Lipinski definition) is 4. The van der Waals surface area contributed by atoms with Crippen molar-refractivity contribution in [1.29, 1.82) is 0 Å². The van der Waals surface area contributed by atoms with Crippen LogP contribution in [0.25, 0.3) is 0 Å². The highest BCUT2D eigenvalue weighted by Gasteiger charge is 2.06. The SMILES string of the molecule is [CH2]COS(=O)(=O)OCC. The summed E-state index contributed by atoms with van der Waals surface area (Å²) >= 11 is 0. The van der Waals surface area contributed by atoms with E-state index in [0.717, 1.165) is 0 Å². The summed E-state index contributed by atoms with van der Waals surface area (Å²) in [6.07, 6.45) is 0. The predicted octanol–water partition coefficient (Wildman–Crippen LogP) is 0.118. The summed E-state index contributed by atoms with van der Waals surface area (Å²) < 4.78 is 29.0. The Labute approximate surface area is 55.1 Å². The van der Waals surface area contributed by atoms with Crippen molar-refractivity contribution >= 4 is 10.4 Å². The quantitative estimate of drug-likeness (QED) is 0.575. The fourth-order valence-electron chi connectivity index (χ4n) is 0.280. The Kier molecular flexibility index (Phi) is 3.76. The maximum atomic E-state index is 10.3. The minimum Gasteiger partial charge on any atom is -0.248 e. The molecule has 5 heteroatoms. The molecule has 0 aliphatic rings. The van der Waals surface area contributed by atoms with Crippen molar-refractivity contribution in [1.82, 2.24) is 0 Å². The smallest absolute Gasteiger partial charge is 0.248 e. The molecule has 0 aliphatic carbocycles. The van der Waals surface area contributed by atoms with Crippen molar-refractivity contribution in [3.8, 4) is 0 Å². The molecule has 1 radical (unpaired) electrons. The van der Waals surface area contributed by atoms with Crippen molar-refractivity contribution in [3.63, 3.8) is 0 Å². The molecule has 0 atom stereocenters. The van der Waals surface area contributed by atoms with E-state index >= 15 is 0 Å². The summed E-state index contributed by atoms with van der Waals surface area (Å²) in [4.78, 5) is 0. The zero-order chi connectivity index (χ0) is 7.33. The van der Waals surface area contributed by atoms with E-state index in [4.69, 9.17) is 0 Å². The molecule has 0 rings (SSSR count). The average Bonchev–Trinajstić information content (AvgIpc) is 1.64. The molecule has 0 unspecified atom stereocenters. The van der Waals surface area contributed by atoms with Gasteiger partial charge in [-0.3, -0.25) is 0 Å². The summed E-state index contributed by atoms with van der Waals surface area (Å²) in [5, 5.41) is 0. The molecule has 0 aromatic carbocycles. The van der Waals surface area contributed by atoms with Gasteiger partial charge in [0.05, 0.1) is 13.2 Å². The predicted molar refractivity (Wildman–Crippen MR) is 31.9 cm³/mol. The lowest BCUT2D eigenvalue weighted by Gasteiger charge is -1.99. The van der Waals surface area contributed by atoms with Crippen LogP contribution in [0.2, 0.25) is 0 Å². The van der Waals surface area contributed by atoms with Crippen LogP contribution >= 0.6 is 0 Å². The molecule has 0 saturated carbocycles. The first kappa shape index (κ1) is 8.87. The van der Waals surface area contributed by atoms with E-state index in [1.165, 1.54) is 0 Å². The molecule has 9 heavy (non-hydrogen) atoms. The fourth-order valence-corrected chi connectivity index (χ4v) is 0.841. The zero-order valence-corrected chi connectivity index (χ0v) is 5.98. The van der Waals surface area contributed by atoms with Crippen molar-refractivity contribution in [3.05, 3.63) is 6.92 Å². The first-order valence-corrected chi connectivity index (χ1v) is 3.78. The molecule has 55 valence electrons. The topological polar surface area (TPSA) is 52.6 Å². The summed E-state index contributed by atoms with van der Waals surface area (Å²) in [6, 6.07) is 0. The van der Waals surface area contributed by atoms with Crippen LogP contribution in [0.4, 0.5) is 0 Å². The number of hydrogen-bond donors (Lipinski definition) is 0. The third-order valence-corrected chi connectivity index (χ3v) is 1.47. The van der Waals surface area contributed by atoms with E-state index in [2.05, 4.69) is 15.3 Å². The van der Waals surface area contributed by atoms with Gasteiger partial charge in [0.1, 0.15) is 0 Å². The van der Waals surface area contributed by atoms with Crippen LogP contribution in [-0.2, 0) is 18.8 Å².